The van der Waals surface area contributed by atoms with Crippen molar-refractivity contribution in [3.05, 3.63) is 71.3 Å². The van der Waals surface area contributed by atoms with Gasteiger partial charge in [-0.05, 0) is 47.8 Å². The summed E-state index contributed by atoms with van der Waals surface area (Å²) in [7, 11) is 0. The molecule has 0 aromatic heterocycles. The molecule has 11 nitrogen and oxygen atoms in total. The largest absolute Gasteiger partial charge is 0.345 e. The Morgan fingerprint density at radius 3 is 1.90 bits per heavy atom. The molecule has 0 heterocycles. The van der Waals surface area contributed by atoms with Crippen LogP contribution in [-0.2, 0) is 41.7 Å². The van der Waals surface area contributed by atoms with E-state index in [4.69, 9.17) is 0 Å². The Bertz CT molecular complexity index is 1440. The third kappa shape index (κ3) is 13.8. The lowest BCUT2D eigenvalue weighted by atomic mass is 9.85. The first kappa shape index (κ1) is 40.6. The number of rotatable bonds is 18. The molecule has 4 unspecified atom stereocenters. The van der Waals surface area contributed by atoms with Crippen molar-refractivity contribution in [3.8, 4) is 0 Å². The second kappa shape index (κ2) is 19.5. The summed E-state index contributed by atoms with van der Waals surface area (Å²) < 4.78 is 0. The molecule has 11 heteroatoms. The number of amides is 5. The average Bonchev–Trinajstić information content (AvgIpc) is 3.03. The molecule has 0 fully saturated rings. The average molecular weight is 678 g/mol. The van der Waals surface area contributed by atoms with E-state index in [1.807, 2.05) is 82.3 Å². The Morgan fingerprint density at radius 1 is 0.735 bits per heavy atom. The molecule has 2 rings (SSSR count). The van der Waals surface area contributed by atoms with E-state index in [-0.39, 0.29) is 37.6 Å². The third-order valence-electron chi connectivity index (χ3n) is 8.13. The highest BCUT2D eigenvalue weighted by molar-refractivity contribution is 6.38. The molecule has 5 N–H and O–H groups in total. The number of carbonyl (C=O) groups excluding carboxylic acids is 6. The fraction of sp³-hybridized carbons (Fsp3) is 0.526. The van der Waals surface area contributed by atoms with Gasteiger partial charge >= 0.3 is 0 Å². The number of ketones is 1. The Hall–Kier alpha value is -4.54. The fourth-order valence-electron chi connectivity index (χ4n) is 5.36. The highest BCUT2D eigenvalue weighted by atomic mass is 16.2. The van der Waals surface area contributed by atoms with Gasteiger partial charge < -0.3 is 26.6 Å². The smallest absolute Gasteiger partial charge is 0.289 e. The summed E-state index contributed by atoms with van der Waals surface area (Å²) in [6.07, 6.45) is 2.07. The number of nitrogens with one attached hydrogen (secondary N) is 5. The van der Waals surface area contributed by atoms with Gasteiger partial charge in [-0.2, -0.15) is 0 Å². The molecule has 0 radical (unpaired) electrons. The predicted octanol–water partition coefficient (Wildman–Crippen LogP) is 3.66. The first-order valence-electron chi connectivity index (χ1n) is 17.1. The molecule has 5 amide bonds. The molecule has 0 spiro atoms. The van der Waals surface area contributed by atoms with E-state index in [1.165, 1.54) is 6.92 Å². The van der Waals surface area contributed by atoms with Crippen LogP contribution in [0.25, 0.3) is 0 Å². The summed E-state index contributed by atoms with van der Waals surface area (Å²) >= 11 is 0. The zero-order chi connectivity index (χ0) is 36.7. The van der Waals surface area contributed by atoms with Crippen LogP contribution in [0.4, 0.5) is 0 Å². The summed E-state index contributed by atoms with van der Waals surface area (Å²) in [5, 5.41) is 13.7. The Balaban J connectivity index is 2.24. The van der Waals surface area contributed by atoms with Crippen molar-refractivity contribution in [3.63, 3.8) is 0 Å². The molecule has 49 heavy (non-hydrogen) atoms. The van der Waals surface area contributed by atoms with E-state index in [0.29, 0.717) is 6.42 Å². The molecule has 2 aromatic rings. The summed E-state index contributed by atoms with van der Waals surface area (Å²) in [4.78, 5) is 79.3. The normalized spacial score (nSPS) is 13.7. The fourth-order valence-corrected chi connectivity index (χ4v) is 5.36. The van der Waals surface area contributed by atoms with Crippen molar-refractivity contribution in [2.45, 2.75) is 118 Å². The Labute approximate surface area is 291 Å². The Morgan fingerprint density at radius 2 is 1.33 bits per heavy atom. The molecular weight excluding hydrogens is 622 g/mol. The van der Waals surface area contributed by atoms with Crippen LogP contribution in [0.15, 0.2) is 54.6 Å². The van der Waals surface area contributed by atoms with E-state index in [1.54, 1.807) is 20.8 Å². The summed E-state index contributed by atoms with van der Waals surface area (Å²) in [6.45, 7) is 14.5. The van der Waals surface area contributed by atoms with E-state index in [2.05, 4.69) is 26.6 Å². The van der Waals surface area contributed by atoms with Gasteiger partial charge in [0.2, 0.25) is 29.4 Å². The minimum absolute atomic E-state index is 0.0176. The molecule has 0 bridgehead atoms. The van der Waals surface area contributed by atoms with Gasteiger partial charge in [0.05, 0.1) is 6.04 Å². The Kier molecular flexibility index (Phi) is 16.1. The highest BCUT2D eigenvalue weighted by Crippen LogP contribution is 2.21. The van der Waals surface area contributed by atoms with Crippen LogP contribution in [0.3, 0.4) is 0 Å². The van der Waals surface area contributed by atoms with Gasteiger partial charge in [0, 0.05) is 19.9 Å². The van der Waals surface area contributed by atoms with Crippen molar-refractivity contribution in [2.24, 2.45) is 11.3 Å². The topological polar surface area (TPSA) is 163 Å². The summed E-state index contributed by atoms with van der Waals surface area (Å²) in [6, 6.07) is 12.6. The van der Waals surface area contributed by atoms with E-state index in [9.17, 15) is 28.8 Å². The number of carbonyl (C=O) groups is 6. The molecule has 0 aliphatic carbocycles. The van der Waals surface area contributed by atoms with Crippen molar-refractivity contribution in [2.75, 3.05) is 0 Å². The maximum Gasteiger partial charge on any atom is 0.289 e. The zero-order valence-corrected chi connectivity index (χ0v) is 30.3. The molecule has 0 aliphatic rings. The summed E-state index contributed by atoms with van der Waals surface area (Å²) in [5.41, 5.74) is 1.89. The maximum atomic E-state index is 13.9. The number of aryl methyl sites for hydroxylation is 1. The monoisotopic (exact) mass is 677 g/mol. The minimum Gasteiger partial charge on any atom is -0.345 e. The first-order chi connectivity index (χ1) is 23.0. The molecule has 0 saturated heterocycles. The van der Waals surface area contributed by atoms with Crippen molar-refractivity contribution in [1.29, 1.82) is 0 Å². The quantitative estimate of drug-likeness (QED) is 0.151. The van der Waals surface area contributed by atoms with Gasteiger partial charge in [-0.3, -0.25) is 28.8 Å². The predicted molar refractivity (Wildman–Crippen MR) is 190 cm³/mol. The van der Waals surface area contributed by atoms with Crippen molar-refractivity contribution >= 4 is 35.3 Å². The van der Waals surface area contributed by atoms with Crippen LogP contribution in [0.5, 0.6) is 0 Å². The van der Waals surface area contributed by atoms with Crippen molar-refractivity contribution < 1.29 is 28.8 Å². The second-order valence-electron chi connectivity index (χ2n) is 14.1. The molecular formula is C38H55N5O6. The van der Waals surface area contributed by atoms with Crippen LogP contribution in [0, 0.1) is 18.3 Å². The van der Waals surface area contributed by atoms with Gasteiger partial charge in [0.25, 0.3) is 5.91 Å². The minimum atomic E-state index is -1.08. The van der Waals surface area contributed by atoms with Crippen LogP contribution < -0.4 is 26.6 Å². The first-order valence-corrected chi connectivity index (χ1v) is 17.1. The highest BCUT2D eigenvalue weighted by Gasteiger charge is 2.37. The summed E-state index contributed by atoms with van der Waals surface area (Å²) in [5.74, 6) is -3.69. The number of unbranched alkanes of at least 4 members (excludes halogenated alkanes) is 1. The van der Waals surface area contributed by atoms with Gasteiger partial charge in [-0.1, -0.05) is 109 Å². The SMILES string of the molecule is CCCCC(NC(=O)C(CC(C)C)NC(=O)C(NC(=O)C(Cc1ccccc1C)NC(C)=O)C(C)(C)C)C(=O)C(=O)NCc1ccccc1. The van der Waals surface area contributed by atoms with E-state index < -0.39 is 59.0 Å². The standard InChI is InChI=1S/C38H55N5O6/c1-9-10-20-29(32(45)36(48)39-23-27-17-12-11-13-18-27)41-34(46)30(21-24(2)3)42-37(49)33(38(6,7)8)43-35(47)31(40-26(5)44)22-28-19-15-14-16-25(28)4/h11-19,24,29-31,33H,9-10,20-23H2,1-8H3,(H,39,48)(H,40,44)(H,41,46)(H,42,49)(H,43,47). The third-order valence-corrected chi connectivity index (χ3v) is 8.13. The second-order valence-corrected chi connectivity index (χ2v) is 14.1. The number of hydrogen-bond donors (Lipinski definition) is 5. The molecule has 268 valence electrons. The van der Waals surface area contributed by atoms with E-state index >= 15 is 0 Å². The lowest BCUT2D eigenvalue weighted by Gasteiger charge is -2.33. The number of benzene rings is 2. The lowest BCUT2D eigenvalue weighted by molar-refractivity contribution is -0.141. The van der Waals surface area contributed by atoms with Crippen LogP contribution in [0.2, 0.25) is 0 Å². The molecule has 0 saturated carbocycles. The molecule has 0 aliphatic heterocycles. The van der Waals surface area contributed by atoms with Crippen LogP contribution in [-0.4, -0.2) is 59.5 Å². The zero-order valence-electron chi connectivity index (χ0n) is 30.3. The van der Waals surface area contributed by atoms with Crippen molar-refractivity contribution in [1.82, 2.24) is 26.6 Å². The molecule has 4 atom stereocenters. The van der Waals surface area contributed by atoms with Gasteiger partial charge in [-0.15, -0.1) is 0 Å². The number of hydrogen-bond acceptors (Lipinski definition) is 6. The van der Waals surface area contributed by atoms with Gasteiger partial charge in [-0.25, -0.2) is 0 Å². The van der Waals surface area contributed by atoms with Gasteiger partial charge in [0.1, 0.15) is 18.1 Å². The van der Waals surface area contributed by atoms with E-state index in [0.717, 1.165) is 23.1 Å². The van der Waals surface area contributed by atoms with Gasteiger partial charge in [0.15, 0.2) is 0 Å². The van der Waals surface area contributed by atoms with Crippen LogP contribution in [0.1, 0.15) is 90.8 Å². The molecule has 2 aromatic carbocycles. The van der Waals surface area contributed by atoms with Crippen LogP contribution >= 0.6 is 0 Å². The number of Topliss-reactive ketones (excluding diaryl/α,β-unsaturated/α-hetero) is 1. The maximum absolute atomic E-state index is 13.9. The lowest BCUT2D eigenvalue weighted by Crippen LogP contribution is -2.61.